The van der Waals surface area contributed by atoms with E-state index in [2.05, 4.69) is 13.8 Å². The van der Waals surface area contributed by atoms with E-state index in [1.807, 2.05) is 67.6 Å². The molecule has 0 spiro atoms. The number of benzene rings is 2. The van der Waals surface area contributed by atoms with Crippen LogP contribution in [0.1, 0.15) is 39.7 Å². The summed E-state index contributed by atoms with van der Waals surface area (Å²) in [5.41, 5.74) is 1.90. The van der Waals surface area contributed by atoms with Gasteiger partial charge in [-0.1, -0.05) is 81.4 Å². The van der Waals surface area contributed by atoms with Gasteiger partial charge in [0.25, 0.3) is 0 Å². The molecule has 1 heterocycles. The van der Waals surface area contributed by atoms with Crippen LogP contribution < -0.4 is 5.46 Å². The zero-order valence-electron chi connectivity index (χ0n) is 19.4. The number of ketones is 1. The lowest BCUT2D eigenvalue weighted by atomic mass is 9.74. The summed E-state index contributed by atoms with van der Waals surface area (Å²) in [7, 11) is -0.391. The summed E-state index contributed by atoms with van der Waals surface area (Å²) in [5.74, 6) is -1.25. The molecule has 5 atom stereocenters. The van der Waals surface area contributed by atoms with Crippen LogP contribution in [0.25, 0.3) is 0 Å². The van der Waals surface area contributed by atoms with Crippen molar-refractivity contribution in [1.82, 2.24) is 0 Å². The van der Waals surface area contributed by atoms with E-state index < -0.39 is 19.0 Å². The Balaban J connectivity index is 1.53. The molecule has 0 unspecified atom stereocenters. The molecule has 2 aromatic carbocycles. The van der Waals surface area contributed by atoms with E-state index in [0.717, 1.165) is 11.0 Å². The minimum Gasteiger partial charge on any atom is -0.460 e. The number of carbonyl (C=O) groups excluding carboxylic acids is 2. The third-order valence-electron chi connectivity index (χ3n) is 6.20. The van der Waals surface area contributed by atoms with Gasteiger partial charge in [0.2, 0.25) is 0 Å². The van der Waals surface area contributed by atoms with Crippen molar-refractivity contribution in [3.05, 3.63) is 66.2 Å². The molecule has 0 N–H and O–H groups in total. The van der Waals surface area contributed by atoms with E-state index >= 15 is 0 Å². The van der Waals surface area contributed by atoms with Crippen molar-refractivity contribution in [2.45, 2.75) is 46.8 Å². The Kier molecular flexibility index (Phi) is 8.65. The Labute approximate surface area is 191 Å². The van der Waals surface area contributed by atoms with Gasteiger partial charge in [0.15, 0.2) is 0 Å². The van der Waals surface area contributed by atoms with Crippen LogP contribution in [0.3, 0.4) is 0 Å². The molecule has 6 heteroatoms. The van der Waals surface area contributed by atoms with Crippen LogP contribution in [0, 0.1) is 23.7 Å². The van der Waals surface area contributed by atoms with Gasteiger partial charge in [-0.15, -0.1) is 0 Å². The first-order chi connectivity index (χ1) is 15.4. The minimum atomic E-state index is -0.786. The largest absolute Gasteiger partial charge is 0.494 e. The van der Waals surface area contributed by atoms with Crippen molar-refractivity contribution >= 4 is 24.3 Å². The van der Waals surface area contributed by atoms with Gasteiger partial charge in [-0.25, -0.2) is 0 Å². The molecular weight excluding hydrogens is 403 g/mol. The van der Waals surface area contributed by atoms with Gasteiger partial charge in [0, 0.05) is 18.4 Å². The molecular formula is C26H33BO5. The summed E-state index contributed by atoms with van der Waals surface area (Å²) >= 11 is 0. The fraction of sp³-hybridized carbons (Fsp3) is 0.462. The number of hydrogen-bond donors (Lipinski definition) is 0. The summed E-state index contributed by atoms with van der Waals surface area (Å²) in [5, 5.41) is 0. The molecule has 0 bridgehead atoms. The van der Waals surface area contributed by atoms with Crippen molar-refractivity contribution in [2.24, 2.45) is 23.7 Å². The molecule has 0 saturated carbocycles. The smallest absolute Gasteiger partial charge is 0.460 e. The van der Waals surface area contributed by atoms with Gasteiger partial charge in [0.1, 0.15) is 18.3 Å². The maximum Gasteiger partial charge on any atom is 0.494 e. The summed E-state index contributed by atoms with van der Waals surface area (Å²) in [4.78, 5) is 25.3. The Morgan fingerprint density at radius 1 is 1.03 bits per heavy atom. The summed E-state index contributed by atoms with van der Waals surface area (Å²) in [6.45, 7) is 8.53. The van der Waals surface area contributed by atoms with Crippen molar-refractivity contribution in [3.63, 3.8) is 0 Å². The molecule has 32 heavy (non-hydrogen) atoms. The van der Waals surface area contributed by atoms with E-state index in [4.69, 9.17) is 14.0 Å². The molecule has 0 aromatic heterocycles. The number of ether oxygens (including phenoxy) is 1. The van der Waals surface area contributed by atoms with Crippen LogP contribution >= 0.6 is 0 Å². The first-order valence-corrected chi connectivity index (χ1v) is 11.4. The molecule has 0 aliphatic carbocycles. The SMILES string of the molecule is C[C@H](C(=O)OCc1ccccc1)C(=O)[C@H](C)C[C@H](C)[C@@H]1OB(c2ccccc2)OC[C@@H]1C. The highest BCUT2D eigenvalue weighted by Crippen LogP contribution is 2.29. The van der Waals surface area contributed by atoms with Gasteiger partial charge in [-0.3, -0.25) is 9.59 Å². The summed E-state index contributed by atoms with van der Waals surface area (Å²) in [6, 6.07) is 19.4. The first-order valence-electron chi connectivity index (χ1n) is 11.4. The van der Waals surface area contributed by atoms with Crippen molar-refractivity contribution in [3.8, 4) is 0 Å². The lowest BCUT2D eigenvalue weighted by Gasteiger charge is -2.38. The van der Waals surface area contributed by atoms with Crippen molar-refractivity contribution in [2.75, 3.05) is 6.61 Å². The van der Waals surface area contributed by atoms with Gasteiger partial charge >= 0.3 is 13.1 Å². The first kappa shape index (κ1) is 24.2. The highest BCUT2D eigenvalue weighted by atomic mass is 16.6. The zero-order chi connectivity index (χ0) is 23.1. The normalized spacial score (nSPS) is 21.4. The van der Waals surface area contributed by atoms with Crippen molar-refractivity contribution in [1.29, 1.82) is 0 Å². The topological polar surface area (TPSA) is 61.8 Å². The number of esters is 1. The predicted molar refractivity (Wildman–Crippen MR) is 125 cm³/mol. The zero-order valence-corrected chi connectivity index (χ0v) is 19.4. The second-order valence-electron chi connectivity index (χ2n) is 8.99. The van der Waals surface area contributed by atoms with Crippen LogP contribution in [-0.2, 0) is 30.2 Å². The van der Waals surface area contributed by atoms with Crippen LogP contribution in [0.15, 0.2) is 60.7 Å². The fourth-order valence-electron chi connectivity index (χ4n) is 4.33. The molecule has 2 aromatic rings. The number of Topliss-reactive ketones (excluding diaryl/α,β-unsaturated/α-hetero) is 1. The number of hydrogen-bond acceptors (Lipinski definition) is 5. The molecule has 3 rings (SSSR count). The Hall–Kier alpha value is -2.44. The van der Waals surface area contributed by atoms with E-state index in [1.165, 1.54) is 0 Å². The Morgan fingerprint density at radius 3 is 2.31 bits per heavy atom. The van der Waals surface area contributed by atoms with Crippen LogP contribution in [0.4, 0.5) is 0 Å². The van der Waals surface area contributed by atoms with E-state index in [9.17, 15) is 9.59 Å². The minimum absolute atomic E-state index is 0.0236. The third-order valence-corrected chi connectivity index (χ3v) is 6.20. The molecule has 0 radical (unpaired) electrons. The standard InChI is InChI=1S/C26H33BO5/c1-18(24(28)21(4)26(29)30-17-22-11-7-5-8-12-22)15-19(2)25-20(3)16-31-27(32-25)23-13-9-6-10-14-23/h5-14,18-21,25H,15-17H2,1-4H3/t18-,19+,20+,21+,25+/m1/s1. The lowest BCUT2D eigenvalue weighted by Crippen LogP contribution is -2.50. The lowest BCUT2D eigenvalue weighted by molar-refractivity contribution is -0.153. The summed E-state index contributed by atoms with van der Waals surface area (Å²) in [6.07, 6.45) is 0.621. The second kappa shape index (κ2) is 11.4. The summed E-state index contributed by atoms with van der Waals surface area (Å²) < 4.78 is 17.6. The maximum atomic E-state index is 12.9. The monoisotopic (exact) mass is 436 g/mol. The van der Waals surface area contributed by atoms with Crippen LogP contribution in [-0.4, -0.2) is 31.6 Å². The van der Waals surface area contributed by atoms with Crippen LogP contribution in [0.2, 0.25) is 0 Å². The van der Waals surface area contributed by atoms with E-state index in [0.29, 0.717) is 13.0 Å². The molecule has 170 valence electrons. The van der Waals surface area contributed by atoms with Gasteiger partial charge in [-0.05, 0) is 30.3 Å². The Morgan fingerprint density at radius 2 is 1.66 bits per heavy atom. The molecule has 1 saturated heterocycles. The fourth-order valence-corrected chi connectivity index (χ4v) is 4.33. The maximum absolute atomic E-state index is 12.9. The third kappa shape index (κ3) is 6.30. The predicted octanol–water partition coefficient (Wildman–Crippen LogP) is 4.04. The van der Waals surface area contributed by atoms with Gasteiger partial charge in [-0.2, -0.15) is 0 Å². The van der Waals surface area contributed by atoms with Gasteiger partial charge < -0.3 is 14.0 Å². The molecule has 5 nitrogen and oxygen atoms in total. The van der Waals surface area contributed by atoms with Gasteiger partial charge in [0.05, 0.1) is 6.10 Å². The molecule has 1 fully saturated rings. The molecule has 1 aliphatic heterocycles. The number of carbonyl (C=O) groups is 2. The number of rotatable bonds is 9. The second-order valence-corrected chi connectivity index (χ2v) is 8.99. The highest BCUT2D eigenvalue weighted by Gasteiger charge is 2.38. The average Bonchev–Trinajstić information content (AvgIpc) is 2.82. The van der Waals surface area contributed by atoms with Crippen LogP contribution in [0.5, 0.6) is 0 Å². The van der Waals surface area contributed by atoms with E-state index in [-0.39, 0.29) is 36.2 Å². The molecule has 1 aliphatic rings. The average molecular weight is 436 g/mol. The van der Waals surface area contributed by atoms with Crippen molar-refractivity contribution < 1.29 is 23.6 Å². The highest BCUT2D eigenvalue weighted by molar-refractivity contribution is 6.61. The van der Waals surface area contributed by atoms with E-state index in [1.54, 1.807) is 6.92 Å². The molecule has 0 amide bonds. The Bertz CT molecular complexity index is 872. The quantitative estimate of drug-likeness (QED) is 0.337.